The lowest BCUT2D eigenvalue weighted by Crippen LogP contribution is -2.38. The first-order valence-corrected chi connectivity index (χ1v) is 6.75. The average molecular weight is 259 g/mol. The van der Waals surface area contributed by atoms with Crippen molar-refractivity contribution in [3.8, 4) is 0 Å². The van der Waals surface area contributed by atoms with Gasteiger partial charge in [-0.3, -0.25) is 9.59 Å². The lowest BCUT2D eigenvalue weighted by molar-refractivity contribution is -0.128. The van der Waals surface area contributed by atoms with Gasteiger partial charge in [-0.05, 0) is 24.5 Å². The highest BCUT2D eigenvalue weighted by molar-refractivity contribution is 6.09. The molecule has 0 radical (unpaired) electrons. The molecule has 1 aliphatic rings. The van der Waals surface area contributed by atoms with Gasteiger partial charge < -0.3 is 4.90 Å². The summed E-state index contributed by atoms with van der Waals surface area (Å²) in [6.07, 6.45) is 0.833. The standard InChI is InChI=1S/C16H21NO2/c1-11(2)9-12(18)10-16(3)13-7-5-6-8-14(13)17(4)15(16)19/h5-8,11H,9-10H2,1-4H3. The highest BCUT2D eigenvalue weighted by Crippen LogP contribution is 2.43. The Hall–Kier alpha value is -1.64. The molecule has 0 aromatic heterocycles. The summed E-state index contributed by atoms with van der Waals surface area (Å²) in [5.41, 5.74) is 1.20. The molecule has 1 heterocycles. The van der Waals surface area contributed by atoms with E-state index in [-0.39, 0.29) is 11.7 Å². The zero-order chi connectivity index (χ0) is 14.2. The number of amides is 1. The lowest BCUT2D eigenvalue weighted by Gasteiger charge is -2.22. The van der Waals surface area contributed by atoms with Gasteiger partial charge in [0, 0.05) is 25.6 Å². The van der Waals surface area contributed by atoms with Gasteiger partial charge in [-0.1, -0.05) is 32.0 Å². The van der Waals surface area contributed by atoms with Crippen molar-refractivity contribution >= 4 is 17.4 Å². The Morgan fingerprint density at radius 3 is 2.58 bits per heavy atom. The number of hydrogen-bond acceptors (Lipinski definition) is 2. The molecule has 3 nitrogen and oxygen atoms in total. The van der Waals surface area contributed by atoms with Crippen LogP contribution < -0.4 is 4.90 Å². The molecule has 2 rings (SSSR count). The van der Waals surface area contributed by atoms with Gasteiger partial charge in [0.25, 0.3) is 0 Å². The maximum atomic E-state index is 12.5. The summed E-state index contributed by atoms with van der Waals surface area (Å²) in [5.74, 6) is 0.516. The maximum absolute atomic E-state index is 12.5. The predicted octanol–water partition coefficient (Wildman–Crippen LogP) is 2.93. The molecule has 0 aliphatic carbocycles. The second kappa shape index (κ2) is 4.80. The van der Waals surface area contributed by atoms with E-state index in [2.05, 4.69) is 0 Å². The van der Waals surface area contributed by atoms with Crippen molar-refractivity contribution in [1.82, 2.24) is 0 Å². The molecular formula is C16H21NO2. The Kier molecular flexibility index (Phi) is 3.48. The van der Waals surface area contributed by atoms with Gasteiger partial charge in [-0.25, -0.2) is 0 Å². The van der Waals surface area contributed by atoms with Crippen LogP contribution in [0.5, 0.6) is 0 Å². The van der Waals surface area contributed by atoms with E-state index in [0.29, 0.717) is 18.8 Å². The number of nitrogens with zero attached hydrogens (tertiary/aromatic N) is 1. The molecule has 102 valence electrons. The van der Waals surface area contributed by atoms with Crippen molar-refractivity contribution in [2.24, 2.45) is 5.92 Å². The molecule has 1 atom stereocenters. The third-order valence-corrected chi connectivity index (χ3v) is 3.82. The summed E-state index contributed by atoms with van der Waals surface area (Å²) >= 11 is 0. The Morgan fingerprint density at radius 1 is 1.32 bits per heavy atom. The zero-order valence-electron chi connectivity index (χ0n) is 12.1. The number of anilines is 1. The molecule has 1 aromatic carbocycles. The molecule has 0 spiro atoms. The lowest BCUT2D eigenvalue weighted by atomic mass is 9.78. The van der Waals surface area contributed by atoms with E-state index in [0.717, 1.165) is 11.3 Å². The molecule has 0 N–H and O–H groups in total. The third kappa shape index (κ3) is 2.29. The summed E-state index contributed by atoms with van der Waals surface area (Å²) in [7, 11) is 1.78. The number of rotatable bonds is 4. The molecule has 0 bridgehead atoms. The van der Waals surface area contributed by atoms with Crippen LogP contribution >= 0.6 is 0 Å². The number of hydrogen-bond donors (Lipinski definition) is 0. The Labute approximate surface area is 114 Å². The number of carbonyl (C=O) groups excluding carboxylic acids is 2. The van der Waals surface area contributed by atoms with Gasteiger partial charge >= 0.3 is 0 Å². The minimum atomic E-state index is -0.697. The highest BCUT2D eigenvalue weighted by Gasteiger charge is 2.46. The van der Waals surface area contributed by atoms with E-state index in [1.807, 2.05) is 45.0 Å². The normalized spacial score (nSPS) is 21.9. The van der Waals surface area contributed by atoms with Gasteiger partial charge in [0.2, 0.25) is 5.91 Å². The summed E-state index contributed by atoms with van der Waals surface area (Å²) in [5, 5.41) is 0. The van der Waals surface area contributed by atoms with Crippen molar-refractivity contribution in [2.75, 3.05) is 11.9 Å². The van der Waals surface area contributed by atoms with Gasteiger partial charge in [-0.2, -0.15) is 0 Å². The van der Waals surface area contributed by atoms with Crippen LogP contribution in [0.4, 0.5) is 5.69 Å². The van der Waals surface area contributed by atoms with E-state index in [9.17, 15) is 9.59 Å². The number of benzene rings is 1. The van der Waals surface area contributed by atoms with Gasteiger partial charge in [0.05, 0.1) is 5.41 Å². The van der Waals surface area contributed by atoms with Crippen molar-refractivity contribution in [3.05, 3.63) is 29.8 Å². The minimum Gasteiger partial charge on any atom is -0.314 e. The van der Waals surface area contributed by atoms with Crippen LogP contribution in [-0.2, 0) is 15.0 Å². The van der Waals surface area contributed by atoms with Gasteiger partial charge in [0.1, 0.15) is 5.78 Å². The second-order valence-corrected chi connectivity index (χ2v) is 6.03. The number of carbonyl (C=O) groups is 2. The van der Waals surface area contributed by atoms with Gasteiger partial charge in [0.15, 0.2) is 0 Å². The first-order chi connectivity index (χ1) is 8.86. The van der Waals surface area contributed by atoms with E-state index >= 15 is 0 Å². The fraction of sp³-hybridized carbons (Fsp3) is 0.500. The van der Waals surface area contributed by atoms with Crippen LogP contribution in [0.25, 0.3) is 0 Å². The minimum absolute atomic E-state index is 0.0193. The second-order valence-electron chi connectivity index (χ2n) is 6.03. The molecule has 0 saturated carbocycles. The van der Waals surface area contributed by atoms with Crippen LogP contribution in [0.1, 0.15) is 39.2 Å². The summed E-state index contributed by atoms with van der Waals surface area (Å²) in [4.78, 5) is 26.2. The SMILES string of the molecule is CC(C)CC(=O)CC1(C)C(=O)N(C)c2ccccc21. The molecular weight excluding hydrogens is 238 g/mol. The predicted molar refractivity (Wildman–Crippen MR) is 76.3 cm³/mol. The van der Waals surface area contributed by atoms with E-state index in [4.69, 9.17) is 0 Å². The van der Waals surface area contributed by atoms with Crippen molar-refractivity contribution in [1.29, 1.82) is 0 Å². The molecule has 1 aromatic rings. The molecule has 0 fully saturated rings. The molecule has 19 heavy (non-hydrogen) atoms. The van der Waals surface area contributed by atoms with E-state index < -0.39 is 5.41 Å². The smallest absolute Gasteiger partial charge is 0.237 e. The zero-order valence-corrected chi connectivity index (χ0v) is 12.1. The topological polar surface area (TPSA) is 37.4 Å². The molecule has 3 heteroatoms. The largest absolute Gasteiger partial charge is 0.314 e. The Bertz CT molecular complexity index is 521. The number of para-hydroxylation sites is 1. The molecule has 0 saturated heterocycles. The molecule has 1 aliphatic heterocycles. The molecule has 1 unspecified atom stereocenters. The van der Waals surface area contributed by atoms with E-state index in [1.54, 1.807) is 11.9 Å². The van der Waals surface area contributed by atoms with Crippen molar-refractivity contribution < 1.29 is 9.59 Å². The summed E-state index contributed by atoms with van der Waals surface area (Å²) in [6, 6.07) is 7.74. The van der Waals surface area contributed by atoms with Crippen molar-refractivity contribution in [3.63, 3.8) is 0 Å². The van der Waals surface area contributed by atoms with Crippen LogP contribution in [0, 0.1) is 5.92 Å². The maximum Gasteiger partial charge on any atom is 0.237 e. The number of likely N-dealkylation sites (N-methyl/N-ethyl adjacent to an activating group) is 1. The summed E-state index contributed by atoms with van der Waals surface area (Å²) < 4.78 is 0. The monoisotopic (exact) mass is 259 g/mol. The fourth-order valence-electron chi connectivity index (χ4n) is 2.92. The molecule has 1 amide bonds. The quantitative estimate of drug-likeness (QED) is 0.833. The number of Topliss-reactive ketones (excluding diaryl/α,β-unsaturated/α-hetero) is 1. The van der Waals surface area contributed by atoms with Gasteiger partial charge in [-0.15, -0.1) is 0 Å². The third-order valence-electron chi connectivity index (χ3n) is 3.82. The average Bonchev–Trinajstić information content (AvgIpc) is 2.52. The fourth-order valence-corrected chi connectivity index (χ4v) is 2.92. The van der Waals surface area contributed by atoms with Crippen LogP contribution in [-0.4, -0.2) is 18.7 Å². The number of ketones is 1. The summed E-state index contributed by atoms with van der Waals surface area (Å²) in [6.45, 7) is 5.93. The van der Waals surface area contributed by atoms with Crippen LogP contribution in [0.3, 0.4) is 0 Å². The van der Waals surface area contributed by atoms with Crippen LogP contribution in [0.2, 0.25) is 0 Å². The Balaban J connectivity index is 2.33. The Morgan fingerprint density at radius 2 is 1.95 bits per heavy atom. The van der Waals surface area contributed by atoms with E-state index in [1.165, 1.54) is 0 Å². The van der Waals surface area contributed by atoms with Crippen molar-refractivity contribution in [2.45, 2.75) is 39.0 Å². The number of fused-ring (bicyclic) bond motifs is 1. The first kappa shape index (κ1) is 13.8. The highest BCUT2D eigenvalue weighted by atomic mass is 16.2. The first-order valence-electron chi connectivity index (χ1n) is 6.75. The van der Waals surface area contributed by atoms with Crippen LogP contribution in [0.15, 0.2) is 24.3 Å².